The number of anilines is 1. The Labute approximate surface area is 120 Å². The second-order valence-electron chi connectivity index (χ2n) is 4.92. The van der Waals surface area contributed by atoms with Crippen molar-refractivity contribution in [2.45, 2.75) is 25.7 Å². The zero-order chi connectivity index (χ0) is 15.0. The highest BCUT2D eigenvalue weighted by Gasteiger charge is 2.01. The second-order valence-corrected chi connectivity index (χ2v) is 4.92. The van der Waals surface area contributed by atoms with Crippen molar-refractivity contribution in [2.75, 3.05) is 26.1 Å². The van der Waals surface area contributed by atoms with Gasteiger partial charge in [-0.25, -0.2) is 4.79 Å². The Kier molecular flexibility index (Phi) is 6.64. The number of carbonyl (C=O) groups is 1. The van der Waals surface area contributed by atoms with Crippen molar-refractivity contribution in [3.63, 3.8) is 0 Å². The van der Waals surface area contributed by atoms with Crippen LogP contribution in [0.15, 0.2) is 36.1 Å². The molecule has 0 amide bonds. The molecule has 0 aliphatic heterocycles. The number of aliphatic carboxylic acids is 1. The smallest absolute Gasteiger partial charge is 0.331 e. The molecular weight excluding hydrogens is 254 g/mol. The predicted octanol–water partition coefficient (Wildman–Crippen LogP) is 3.08. The Morgan fingerprint density at radius 1 is 1.25 bits per heavy atom. The first kappa shape index (κ1) is 16.1. The molecule has 0 bridgehead atoms. The van der Waals surface area contributed by atoms with Crippen molar-refractivity contribution < 1.29 is 14.6 Å². The van der Waals surface area contributed by atoms with Gasteiger partial charge < -0.3 is 14.7 Å². The summed E-state index contributed by atoms with van der Waals surface area (Å²) >= 11 is 0. The van der Waals surface area contributed by atoms with Gasteiger partial charge >= 0.3 is 5.97 Å². The molecule has 0 saturated carbocycles. The topological polar surface area (TPSA) is 49.8 Å². The van der Waals surface area contributed by atoms with Gasteiger partial charge in [0.25, 0.3) is 0 Å². The highest BCUT2D eigenvalue weighted by molar-refractivity contribution is 5.80. The maximum atomic E-state index is 10.5. The number of unbranched alkanes of at least 4 members (excludes halogenated alkanes) is 1. The van der Waals surface area contributed by atoms with E-state index in [4.69, 9.17) is 9.84 Å². The van der Waals surface area contributed by atoms with Gasteiger partial charge in [0.2, 0.25) is 0 Å². The third kappa shape index (κ3) is 5.78. The summed E-state index contributed by atoms with van der Waals surface area (Å²) in [5, 5.41) is 8.66. The van der Waals surface area contributed by atoms with E-state index in [-0.39, 0.29) is 0 Å². The number of nitrogens with zero attached hydrogens (tertiary/aromatic N) is 1. The van der Waals surface area contributed by atoms with Crippen LogP contribution in [0.1, 0.15) is 24.8 Å². The number of methoxy groups -OCH3 is 1. The minimum absolute atomic E-state index is 0.528. The van der Waals surface area contributed by atoms with Crippen molar-refractivity contribution in [1.82, 2.24) is 0 Å². The molecular formula is C16H23NO3. The lowest BCUT2D eigenvalue weighted by Gasteiger charge is -2.12. The van der Waals surface area contributed by atoms with Crippen molar-refractivity contribution in [3.05, 3.63) is 41.7 Å². The van der Waals surface area contributed by atoms with E-state index < -0.39 is 5.97 Å². The Hall–Kier alpha value is -1.97. The number of carboxylic acid groups (broad SMARTS) is 1. The van der Waals surface area contributed by atoms with Crippen LogP contribution in [0.3, 0.4) is 0 Å². The molecule has 1 rings (SSSR count). The maximum Gasteiger partial charge on any atom is 0.331 e. The summed E-state index contributed by atoms with van der Waals surface area (Å²) in [6.07, 6.45) is 4.73. The molecule has 0 radical (unpaired) electrons. The molecule has 1 N–H and O–H groups in total. The van der Waals surface area contributed by atoms with Crippen molar-refractivity contribution in [3.8, 4) is 0 Å². The van der Waals surface area contributed by atoms with E-state index in [2.05, 4.69) is 29.2 Å². The molecule has 0 aliphatic carbocycles. The lowest BCUT2D eigenvalue weighted by Crippen LogP contribution is -2.08. The van der Waals surface area contributed by atoms with Crippen LogP contribution >= 0.6 is 0 Å². The van der Waals surface area contributed by atoms with Crippen LogP contribution in [-0.2, 0) is 16.0 Å². The minimum Gasteiger partial charge on any atom is -0.501 e. The monoisotopic (exact) mass is 277 g/mol. The zero-order valence-electron chi connectivity index (χ0n) is 12.4. The summed E-state index contributed by atoms with van der Waals surface area (Å²) in [5.74, 6) is -0.429. The van der Waals surface area contributed by atoms with Crippen LogP contribution in [0.5, 0.6) is 0 Å². The number of hydrogen-bond acceptors (Lipinski definition) is 3. The van der Waals surface area contributed by atoms with E-state index in [1.807, 2.05) is 14.1 Å². The zero-order valence-corrected chi connectivity index (χ0v) is 12.4. The summed E-state index contributed by atoms with van der Waals surface area (Å²) in [4.78, 5) is 12.6. The molecule has 0 atom stereocenters. The molecule has 4 nitrogen and oxygen atoms in total. The summed E-state index contributed by atoms with van der Waals surface area (Å²) in [7, 11) is 5.56. The van der Waals surface area contributed by atoms with E-state index in [0.29, 0.717) is 12.2 Å². The molecule has 1 aromatic carbocycles. The fourth-order valence-corrected chi connectivity index (χ4v) is 1.96. The fourth-order valence-electron chi connectivity index (χ4n) is 1.96. The molecule has 0 spiro atoms. The molecule has 0 saturated heterocycles. The van der Waals surface area contributed by atoms with Crippen LogP contribution in [0.25, 0.3) is 0 Å². The van der Waals surface area contributed by atoms with Crippen LogP contribution in [0.2, 0.25) is 0 Å². The lowest BCUT2D eigenvalue weighted by molar-refractivity contribution is -0.131. The summed E-state index contributed by atoms with van der Waals surface area (Å²) in [6.45, 7) is 0. The summed E-state index contributed by atoms with van der Waals surface area (Å²) in [6, 6.07) is 8.50. The van der Waals surface area contributed by atoms with Crippen LogP contribution in [0.4, 0.5) is 5.69 Å². The van der Waals surface area contributed by atoms with Gasteiger partial charge in [-0.05, 0) is 37.0 Å². The Balaban J connectivity index is 2.35. The molecule has 0 unspecified atom stereocenters. The number of carboxylic acids is 1. The van der Waals surface area contributed by atoms with E-state index in [9.17, 15) is 4.79 Å². The first-order chi connectivity index (χ1) is 9.52. The van der Waals surface area contributed by atoms with E-state index in [1.54, 1.807) is 0 Å². The fraction of sp³-hybridized carbons (Fsp3) is 0.438. The third-order valence-electron chi connectivity index (χ3n) is 3.14. The molecule has 0 aliphatic rings. The molecule has 4 heteroatoms. The Morgan fingerprint density at radius 3 is 2.40 bits per heavy atom. The number of aryl methyl sites for hydroxylation is 1. The average Bonchev–Trinajstić information content (AvgIpc) is 2.42. The third-order valence-corrected chi connectivity index (χ3v) is 3.14. The highest BCUT2D eigenvalue weighted by atomic mass is 16.5. The molecule has 0 heterocycles. The normalized spacial score (nSPS) is 11.2. The number of allylic oxidation sites excluding steroid dienone is 1. The minimum atomic E-state index is -0.957. The standard InChI is InChI=1S/C16H23NO3/c1-17(2)14-10-8-13(9-11-14)6-4-5-7-15(20-3)12-16(18)19/h8-12H,4-7H2,1-3H3,(H,18,19). The Bertz CT molecular complexity index is 449. The predicted molar refractivity (Wildman–Crippen MR) is 81.1 cm³/mol. The van der Waals surface area contributed by atoms with Crippen LogP contribution in [-0.4, -0.2) is 32.3 Å². The van der Waals surface area contributed by atoms with E-state index in [1.165, 1.54) is 18.4 Å². The molecule has 110 valence electrons. The van der Waals surface area contributed by atoms with Gasteiger partial charge in [-0.2, -0.15) is 0 Å². The van der Waals surface area contributed by atoms with Gasteiger partial charge in [-0.15, -0.1) is 0 Å². The van der Waals surface area contributed by atoms with Crippen molar-refractivity contribution >= 4 is 11.7 Å². The number of rotatable bonds is 8. The largest absolute Gasteiger partial charge is 0.501 e. The van der Waals surface area contributed by atoms with Gasteiger partial charge in [-0.3, -0.25) is 0 Å². The van der Waals surface area contributed by atoms with Crippen LogP contribution in [0, 0.1) is 0 Å². The summed E-state index contributed by atoms with van der Waals surface area (Å²) in [5.41, 5.74) is 2.50. The van der Waals surface area contributed by atoms with E-state index >= 15 is 0 Å². The SMILES string of the molecule is COC(=CC(=O)O)CCCCc1ccc(N(C)C)cc1. The molecule has 1 aromatic rings. The molecule has 0 fully saturated rings. The van der Waals surface area contributed by atoms with Gasteiger partial charge in [-0.1, -0.05) is 12.1 Å². The maximum absolute atomic E-state index is 10.5. The second kappa shape index (κ2) is 8.25. The average molecular weight is 277 g/mol. The number of hydrogen-bond donors (Lipinski definition) is 1. The van der Waals surface area contributed by atoms with E-state index in [0.717, 1.165) is 25.3 Å². The van der Waals surface area contributed by atoms with Gasteiger partial charge in [0.1, 0.15) is 5.76 Å². The lowest BCUT2D eigenvalue weighted by atomic mass is 10.1. The quantitative estimate of drug-likeness (QED) is 0.451. The molecule has 0 aromatic heterocycles. The number of ether oxygens (including phenoxy) is 1. The molecule has 20 heavy (non-hydrogen) atoms. The Morgan fingerprint density at radius 2 is 1.90 bits per heavy atom. The highest BCUT2D eigenvalue weighted by Crippen LogP contribution is 2.15. The number of benzene rings is 1. The van der Waals surface area contributed by atoms with Crippen LogP contribution < -0.4 is 4.90 Å². The van der Waals surface area contributed by atoms with Crippen molar-refractivity contribution in [2.24, 2.45) is 0 Å². The van der Waals surface area contributed by atoms with Crippen molar-refractivity contribution in [1.29, 1.82) is 0 Å². The van der Waals surface area contributed by atoms with Gasteiger partial charge in [0.05, 0.1) is 13.2 Å². The van der Waals surface area contributed by atoms with Gasteiger partial charge in [0, 0.05) is 26.2 Å². The first-order valence-corrected chi connectivity index (χ1v) is 6.76. The van der Waals surface area contributed by atoms with Gasteiger partial charge in [0.15, 0.2) is 0 Å². The summed E-state index contributed by atoms with van der Waals surface area (Å²) < 4.78 is 5.03. The first-order valence-electron chi connectivity index (χ1n) is 6.76.